The van der Waals surface area contributed by atoms with Crippen LogP contribution in [0, 0.1) is 17.2 Å². The molecule has 134 valence electrons. The fourth-order valence-electron chi connectivity index (χ4n) is 3.74. The molecule has 1 aliphatic carbocycles. The monoisotopic (exact) mass is 367 g/mol. The predicted molar refractivity (Wildman–Crippen MR) is 102 cm³/mol. The molecule has 0 aliphatic heterocycles. The number of hydrogen-bond donors (Lipinski definition) is 0. The molecule has 0 fully saturated rings. The lowest BCUT2D eigenvalue weighted by molar-refractivity contribution is 0.404. The van der Waals surface area contributed by atoms with Crippen molar-refractivity contribution in [2.75, 3.05) is 14.2 Å². The SMILES string of the molecule is COc1ccc(OC)c(-c2nc3sc4c(n3c2CC#N)CCC(C)C4)c1. The maximum atomic E-state index is 9.44. The third-order valence-corrected chi connectivity index (χ3v) is 6.17. The third-order valence-electron chi connectivity index (χ3n) is 5.06. The summed E-state index contributed by atoms with van der Waals surface area (Å²) in [6, 6.07) is 8.00. The Morgan fingerprint density at radius 3 is 2.92 bits per heavy atom. The zero-order valence-corrected chi connectivity index (χ0v) is 16.0. The predicted octanol–water partition coefficient (Wildman–Crippen LogP) is 4.27. The third kappa shape index (κ3) is 2.63. The van der Waals surface area contributed by atoms with E-state index in [-0.39, 0.29) is 0 Å². The summed E-state index contributed by atoms with van der Waals surface area (Å²) in [5.41, 5.74) is 3.95. The Morgan fingerprint density at radius 2 is 2.19 bits per heavy atom. The number of nitriles is 1. The van der Waals surface area contributed by atoms with Gasteiger partial charge in [-0.2, -0.15) is 5.26 Å². The fourth-order valence-corrected chi connectivity index (χ4v) is 5.08. The van der Waals surface area contributed by atoms with Gasteiger partial charge in [-0.15, -0.1) is 11.3 Å². The molecule has 1 atom stereocenters. The number of hydrogen-bond acceptors (Lipinski definition) is 5. The van der Waals surface area contributed by atoms with E-state index in [0.717, 1.165) is 46.3 Å². The molecule has 0 amide bonds. The minimum Gasteiger partial charge on any atom is -0.497 e. The van der Waals surface area contributed by atoms with Crippen LogP contribution in [0.25, 0.3) is 16.2 Å². The van der Waals surface area contributed by atoms with Crippen molar-refractivity contribution in [2.24, 2.45) is 5.92 Å². The van der Waals surface area contributed by atoms with Gasteiger partial charge in [0, 0.05) is 16.1 Å². The summed E-state index contributed by atoms with van der Waals surface area (Å²) in [6.07, 6.45) is 3.64. The van der Waals surface area contributed by atoms with Gasteiger partial charge < -0.3 is 9.47 Å². The van der Waals surface area contributed by atoms with Gasteiger partial charge in [0.1, 0.15) is 11.5 Å². The van der Waals surface area contributed by atoms with Crippen LogP contribution < -0.4 is 9.47 Å². The number of ether oxygens (including phenoxy) is 2. The molecule has 0 N–H and O–H groups in total. The van der Waals surface area contributed by atoms with Crippen molar-refractivity contribution in [2.45, 2.75) is 32.6 Å². The van der Waals surface area contributed by atoms with Crippen molar-refractivity contribution in [1.82, 2.24) is 9.38 Å². The van der Waals surface area contributed by atoms with Crippen LogP contribution in [0.1, 0.15) is 29.6 Å². The average molecular weight is 367 g/mol. The molecule has 0 spiro atoms. The van der Waals surface area contributed by atoms with Gasteiger partial charge in [0.05, 0.1) is 38.1 Å². The molecule has 3 aromatic rings. The smallest absolute Gasteiger partial charge is 0.194 e. The van der Waals surface area contributed by atoms with Gasteiger partial charge in [0.2, 0.25) is 0 Å². The molecular formula is C20H21N3O2S. The lowest BCUT2D eigenvalue weighted by atomic mass is 9.93. The van der Waals surface area contributed by atoms with Gasteiger partial charge in [-0.05, 0) is 43.4 Å². The largest absolute Gasteiger partial charge is 0.497 e. The molecule has 4 rings (SSSR count). The Bertz CT molecular complexity index is 1010. The van der Waals surface area contributed by atoms with Crippen LogP contribution in [0.2, 0.25) is 0 Å². The summed E-state index contributed by atoms with van der Waals surface area (Å²) in [7, 11) is 3.29. The van der Waals surface area contributed by atoms with E-state index in [1.54, 1.807) is 25.6 Å². The first kappa shape index (κ1) is 16.9. The van der Waals surface area contributed by atoms with Gasteiger partial charge in [-0.25, -0.2) is 4.98 Å². The summed E-state index contributed by atoms with van der Waals surface area (Å²) in [5.74, 6) is 2.19. The van der Waals surface area contributed by atoms with Crippen molar-refractivity contribution in [1.29, 1.82) is 5.26 Å². The molecule has 1 aliphatic rings. The van der Waals surface area contributed by atoms with E-state index in [2.05, 4.69) is 17.4 Å². The van der Waals surface area contributed by atoms with Gasteiger partial charge in [0.25, 0.3) is 0 Å². The number of imidazole rings is 1. The summed E-state index contributed by atoms with van der Waals surface area (Å²) in [4.78, 5) is 7.29. The molecule has 1 unspecified atom stereocenters. The van der Waals surface area contributed by atoms with Gasteiger partial charge in [-0.1, -0.05) is 6.92 Å². The Morgan fingerprint density at radius 1 is 1.35 bits per heavy atom. The number of thiazole rings is 1. The molecule has 0 bridgehead atoms. The highest BCUT2D eigenvalue weighted by atomic mass is 32.1. The highest BCUT2D eigenvalue weighted by molar-refractivity contribution is 7.17. The Labute approximate surface area is 156 Å². The number of benzene rings is 1. The van der Waals surface area contributed by atoms with Gasteiger partial charge in [-0.3, -0.25) is 4.40 Å². The number of methoxy groups -OCH3 is 2. The maximum Gasteiger partial charge on any atom is 0.194 e. The second-order valence-electron chi connectivity index (χ2n) is 6.75. The summed E-state index contributed by atoms with van der Waals surface area (Å²) in [6.45, 7) is 2.30. The van der Waals surface area contributed by atoms with Crippen LogP contribution in [0.4, 0.5) is 0 Å². The van der Waals surface area contributed by atoms with Crippen LogP contribution in [0.5, 0.6) is 11.5 Å². The van der Waals surface area contributed by atoms with E-state index in [9.17, 15) is 5.26 Å². The lowest BCUT2D eigenvalue weighted by Crippen LogP contribution is -2.11. The van der Waals surface area contributed by atoms with Crippen molar-refractivity contribution in [3.63, 3.8) is 0 Å². The van der Waals surface area contributed by atoms with Crippen LogP contribution >= 0.6 is 11.3 Å². The lowest BCUT2D eigenvalue weighted by Gasteiger charge is -2.18. The van der Waals surface area contributed by atoms with Gasteiger partial charge in [0.15, 0.2) is 4.96 Å². The van der Waals surface area contributed by atoms with Crippen molar-refractivity contribution in [3.05, 3.63) is 34.5 Å². The summed E-state index contributed by atoms with van der Waals surface area (Å²) < 4.78 is 13.1. The van der Waals surface area contributed by atoms with Crippen LogP contribution in [-0.4, -0.2) is 23.6 Å². The highest BCUT2D eigenvalue weighted by Crippen LogP contribution is 2.40. The number of nitrogens with zero attached hydrogens (tertiary/aromatic N) is 3. The standard InChI is InChI=1S/C20H21N3O2S/c1-12-4-6-15-18(10-12)26-20-22-19(16(8-9-21)23(15)20)14-11-13(24-2)5-7-17(14)25-3/h5,7,11-12H,4,6,8,10H2,1-3H3. The van der Waals surface area contributed by atoms with Crippen LogP contribution in [0.3, 0.4) is 0 Å². The Balaban J connectivity index is 1.96. The van der Waals surface area contributed by atoms with E-state index in [1.807, 2.05) is 18.2 Å². The van der Waals surface area contributed by atoms with Crippen LogP contribution in [0.15, 0.2) is 18.2 Å². The second kappa shape index (κ2) is 6.65. The molecule has 0 radical (unpaired) electrons. The number of fused-ring (bicyclic) bond motifs is 3. The number of rotatable bonds is 4. The first-order valence-corrected chi connectivity index (χ1v) is 9.59. The molecule has 2 heterocycles. The fraction of sp³-hybridized carbons (Fsp3) is 0.400. The first-order chi connectivity index (χ1) is 12.7. The molecular weight excluding hydrogens is 346 g/mol. The van der Waals surface area contributed by atoms with Crippen molar-refractivity contribution in [3.8, 4) is 28.8 Å². The minimum absolute atomic E-state index is 0.315. The molecule has 26 heavy (non-hydrogen) atoms. The second-order valence-corrected chi connectivity index (χ2v) is 7.81. The molecule has 0 saturated carbocycles. The van der Waals surface area contributed by atoms with E-state index in [4.69, 9.17) is 14.5 Å². The topological polar surface area (TPSA) is 59.6 Å². The molecule has 0 saturated heterocycles. The molecule has 2 aromatic heterocycles. The molecule has 1 aromatic carbocycles. The van der Waals surface area contributed by atoms with E-state index < -0.39 is 0 Å². The average Bonchev–Trinajstić information content (AvgIpc) is 3.17. The highest BCUT2D eigenvalue weighted by Gasteiger charge is 2.26. The zero-order chi connectivity index (χ0) is 18.3. The summed E-state index contributed by atoms with van der Waals surface area (Å²) >= 11 is 1.75. The van der Waals surface area contributed by atoms with E-state index in [1.165, 1.54) is 17.0 Å². The quantitative estimate of drug-likeness (QED) is 0.691. The minimum atomic E-state index is 0.315. The van der Waals surface area contributed by atoms with Gasteiger partial charge >= 0.3 is 0 Å². The normalized spacial score (nSPS) is 16.3. The maximum absolute atomic E-state index is 9.44. The zero-order valence-electron chi connectivity index (χ0n) is 15.2. The van der Waals surface area contributed by atoms with Crippen molar-refractivity contribution < 1.29 is 9.47 Å². The number of aryl methyl sites for hydroxylation is 1. The van der Waals surface area contributed by atoms with E-state index >= 15 is 0 Å². The number of aromatic nitrogens is 2. The first-order valence-electron chi connectivity index (χ1n) is 8.77. The molecule has 6 heteroatoms. The Hall–Kier alpha value is -2.52. The van der Waals surface area contributed by atoms with Crippen molar-refractivity contribution >= 4 is 16.3 Å². The molecule has 5 nitrogen and oxygen atoms in total. The summed E-state index contributed by atoms with van der Waals surface area (Å²) in [5, 5.41) is 9.44. The Kier molecular flexibility index (Phi) is 4.33. The van der Waals surface area contributed by atoms with Crippen LogP contribution in [-0.2, 0) is 19.3 Å². The van der Waals surface area contributed by atoms with E-state index in [0.29, 0.717) is 12.3 Å².